The maximum absolute atomic E-state index is 10.2. The van der Waals surface area contributed by atoms with Gasteiger partial charge in [0.25, 0.3) is 0 Å². The molecule has 0 aliphatic heterocycles. The molecule has 0 bridgehead atoms. The van der Waals surface area contributed by atoms with Gasteiger partial charge in [-0.15, -0.1) is 11.3 Å². The van der Waals surface area contributed by atoms with Crippen LogP contribution in [0, 0.1) is 5.41 Å². The maximum atomic E-state index is 10.2. The zero-order valence-corrected chi connectivity index (χ0v) is 11.0. The number of aliphatic hydroxyl groups excluding tert-OH is 1. The van der Waals surface area contributed by atoms with E-state index in [-0.39, 0.29) is 11.5 Å². The number of thiophene rings is 1. The summed E-state index contributed by atoms with van der Waals surface area (Å²) in [5, 5.41) is 10.9. The van der Waals surface area contributed by atoms with Crippen molar-refractivity contribution in [1.29, 1.82) is 0 Å². The first-order valence-electron chi connectivity index (χ1n) is 4.72. The van der Waals surface area contributed by atoms with E-state index in [2.05, 4.69) is 22.9 Å². The molecular weight excluding hydrogens is 284 g/mol. The number of halogens is 2. The molecule has 4 heteroatoms. The van der Waals surface area contributed by atoms with Gasteiger partial charge >= 0.3 is 0 Å². The van der Waals surface area contributed by atoms with Gasteiger partial charge in [0.1, 0.15) is 0 Å². The lowest BCUT2D eigenvalue weighted by Crippen LogP contribution is -2.11. The molecule has 1 aromatic rings. The molecule has 0 radical (unpaired) electrons. The Hall–Kier alpha value is 0.430. The van der Waals surface area contributed by atoms with E-state index >= 15 is 0 Å². The molecule has 1 aliphatic carbocycles. The third-order valence-electron chi connectivity index (χ3n) is 3.11. The Morgan fingerprint density at radius 3 is 2.71 bits per heavy atom. The normalized spacial score (nSPS) is 20.9. The van der Waals surface area contributed by atoms with Crippen molar-refractivity contribution < 1.29 is 5.11 Å². The van der Waals surface area contributed by atoms with Gasteiger partial charge in [-0.2, -0.15) is 0 Å². The topological polar surface area (TPSA) is 20.2 Å². The van der Waals surface area contributed by atoms with E-state index in [1.54, 1.807) is 0 Å². The Morgan fingerprint density at radius 1 is 1.71 bits per heavy atom. The average Bonchev–Trinajstić information content (AvgIpc) is 2.90. The molecule has 1 N–H and O–H groups in total. The highest BCUT2D eigenvalue weighted by Gasteiger charge is 2.48. The molecule has 0 amide bonds. The summed E-state index contributed by atoms with van der Waals surface area (Å²) in [6.45, 7) is 2.14. The van der Waals surface area contributed by atoms with Crippen LogP contribution in [0.2, 0.25) is 5.02 Å². The Bertz CT molecular complexity index is 326. The Balaban J connectivity index is 2.23. The van der Waals surface area contributed by atoms with Crippen LogP contribution in [0.25, 0.3) is 0 Å². The lowest BCUT2D eigenvalue weighted by atomic mass is 9.95. The van der Waals surface area contributed by atoms with E-state index in [1.165, 1.54) is 11.3 Å². The monoisotopic (exact) mass is 294 g/mol. The van der Waals surface area contributed by atoms with Crippen LogP contribution in [0.1, 0.15) is 37.2 Å². The van der Waals surface area contributed by atoms with E-state index in [0.29, 0.717) is 5.02 Å². The second-order valence-corrected chi connectivity index (χ2v) is 6.70. The van der Waals surface area contributed by atoms with Crippen LogP contribution in [0.15, 0.2) is 9.85 Å². The average molecular weight is 296 g/mol. The van der Waals surface area contributed by atoms with Gasteiger partial charge in [-0.25, -0.2) is 0 Å². The summed E-state index contributed by atoms with van der Waals surface area (Å²) in [5.74, 6) is 0. The standard InChI is InChI=1S/C10H12BrClOS/c1-2-10(3-4-10)8(13)7-5-6(12)9(11)14-7/h5,8,13H,2-4H2,1H3. The number of hydrogen-bond donors (Lipinski definition) is 1. The highest BCUT2D eigenvalue weighted by atomic mass is 79.9. The van der Waals surface area contributed by atoms with E-state index in [0.717, 1.165) is 27.9 Å². The van der Waals surface area contributed by atoms with Gasteiger partial charge in [0, 0.05) is 10.3 Å². The van der Waals surface area contributed by atoms with Gasteiger partial charge in [0.2, 0.25) is 0 Å². The molecule has 0 aromatic carbocycles. The smallest absolute Gasteiger partial charge is 0.0938 e. The van der Waals surface area contributed by atoms with Crippen LogP contribution < -0.4 is 0 Å². The predicted octanol–water partition coefficient (Wildman–Crippen LogP) is 4.39. The molecule has 78 valence electrons. The first-order valence-corrected chi connectivity index (χ1v) is 6.70. The molecular formula is C10H12BrClOS. The van der Waals surface area contributed by atoms with Gasteiger partial charge in [-0.3, -0.25) is 0 Å². The van der Waals surface area contributed by atoms with Crippen molar-refractivity contribution in [3.63, 3.8) is 0 Å². The van der Waals surface area contributed by atoms with Crippen LogP contribution in [0.4, 0.5) is 0 Å². The molecule has 1 saturated carbocycles. The van der Waals surface area contributed by atoms with Crippen molar-refractivity contribution in [3.05, 3.63) is 19.8 Å². The SMILES string of the molecule is CCC1(C(O)c2cc(Cl)c(Br)s2)CC1. The van der Waals surface area contributed by atoms with Gasteiger partial charge in [0.15, 0.2) is 0 Å². The predicted molar refractivity (Wildman–Crippen MR) is 63.9 cm³/mol. The van der Waals surface area contributed by atoms with Gasteiger partial charge in [-0.1, -0.05) is 18.5 Å². The molecule has 1 aliphatic rings. The fraction of sp³-hybridized carbons (Fsp3) is 0.600. The summed E-state index contributed by atoms with van der Waals surface area (Å²) < 4.78 is 0.917. The summed E-state index contributed by atoms with van der Waals surface area (Å²) in [6, 6.07) is 1.87. The van der Waals surface area contributed by atoms with E-state index in [4.69, 9.17) is 11.6 Å². The fourth-order valence-electron chi connectivity index (χ4n) is 1.78. The van der Waals surface area contributed by atoms with Crippen molar-refractivity contribution in [2.45, 2.75) is 32.3 Å². The van der Waals surface area contributed by atoms with Crippen LogP contribution in [0.3, 0.4) is 0 Å². The molecule has 14 heavy (non-hydrogen) atoms. The highest BCUT2D eigenvalue weighted by Crippen LogP contribution is 2.58. The Morgan fingerprint density at radius 2 is 2.36 bits per heavy atom. The van der Waals surface area contributed by atoms with Gasteiger partial charge in [-0.05, 0) is 41.3 Å². The van der Waals surface area contributed by atoms with Crippen LogP contribution in [-0.4, -0.2) is 5.11 Å². The summed E-state index contributed by atoms with van der Waals surface area (Å²) in [6.07, 6.45) is 2.98. The number of aliphatic hydroxyl groups is 1. The second-order valence-electron chi connectivity index (χ2n) is 3.89. The molecule has 1 aromatic heterocycles. The largest absolute Gasteiger partial charge is 0.387 e. The summed E-state index contributed by atoms with van der Waals surface area (Å²) >= 11 is 10.8. The third kappa shape index (κ3) is 1.75. The zero-order chi connectivity index (χ0) is 10.3. The molecule has 0 spiro atoms. The molecule has 1 atom stereocenters. The van der Waals surface area contributed by atoms with Crippen LogP contribution >= 0.6 is 38.9 Å². The fourth-order valence-corrected chi connectivity index (χ4v) is 3.66. The third-order valence-corrected chi connectivity index (χ3v) is 5.64. The van der Waals surface area contributed by atoms with Crippen molar-refractivity contribution in [2.24, 2.45) is 5.41 Å². The van der Waals surface area contributed by atoms with Crippen LogP contribution in [-0.2, 0) is 0 Å². The van der Waals surface area contributed by atoms with Gasteiger partial charge in [0.05, 0.1) is 14.9 Å². The molecule has 2 rings (SSSR count). The van der Waals surface area contributed by atoms with Crippen LogP contribution in [0.5, 0.6) is 0 Å². The summed E-state index contributed by atoms with van der Waals surface area (Å²) in [4.78, 5) is 0.987. The minimum absolute atomic E-state index is 0.146. The van der Waals surface area contributed by atoms with E-state index < -0.39 is 0 Å². The minimum atomic E-state index is -0.332. The second kappa shape index (κ2) is 3.78. The van der Waals surface area contributed by atoms with Crippen molar-refractivity contribution in [1.82, 2.24) is 0 Å². The maximum Gasteiger partial charge on any atom is 0.0938 e. The van der Waals surface area contributed by atoms with Crippen molar-refractivity contribution >= 4 is 38.9 Å². The molecule has 1 nitrogen and oxygen atoms in total. The minimum Gasteiger partial charge on any atom is -0.387 e. The first-order chi connectivity index (χ1) is 6.59. The Labute approximate surface area is 101 Å². The van der Waals surface area contributed by atoms with E-state index in [9.17, 15) is 5.11 Å². The molecule has 1 fully saturated rings. The van der Waals surface area contributed by atoms with Crippen molar-refractivity contribution in [3.8, 4) is 0 Å². The summed E-state index contributed by atoms with van der Waals surface area (Å²) in [5.41, 5.74) is 0.146. The quantitative estimate of drug-likeness (QED) is 0.877. The number of hydrogen-bond acceptors (Lipinski definition) is 2. The Kier molecular flexibility index (Phi) is 2.95. The molecule has 1 heterocycles. The lowest BCUT2D eigenvalue weighted by Gasteiger charge is -2.18. The molecule has 1 unspecified atom stereocenters. The summed E-state index contributed by atoms with van der Waals surface area (Å²) in [7, 11) is 0. The number of rotatable bonds is 3. The molecule has 0 saturated heterocycles. The van der Waals surface area contributed by atoms with Crippen molar-refractivity contribution in [2.75, 3.05) is 0 Å². The zero-order valence-electron chi connectivity index (χ0n) is 7.89. The van der Waals surface area contributed by atoms with Gasteiger partial charge < -0.3 is 5.11 Å². The van der Waals surface area contributed by atoms with E-state index in [1.807, 2.05) is 6.07 Å². The highest BCUT2D eigenvalue weighted by molar-refractivity contribution is 9.11. The first kappa shape index (κ1) is 10.9. The lowest BCUT2D eigenvalue weighted by molar-refractivity contribution is 0.0935.